The molecule has 1 saturated heterocycles. The Labute approximate surface area is 73.9 Å². The number of nitrogens with zero attached hydrogens (tertiary/aromatic N) is 1. The molecular weight excluding hydrogens is 150 g/mol. The predicted molar refractivity (Wildman–Crippen MR) is 48.0 cm³/mol. The maximum Gasteiger partial charge on any atom is 0.133 e. The summed E-state index contributed by atoms with van der Waals surface area (Å²) in [5.74, 6) is 2.04. The van der Waals surface area contributed by atoms with Gasteiger partial charge in [0.15, 0.2) is 0 Å². The molecule has 0 amide bonds. The molecule has 2 rings (SSSR count). The molecule has 2 fully saturated rings. The van der Waals surface area contributed by atoms with Gasteiger partial charge in [-0.15, -0.1) is 0 Å². The van der Waals surface area contributed by atoms with Crippen molar-refractivity contribution in [2.75, 3.05) is 20.1 Å². The summed E-state index contributed by atoms with van der Waals surface area (Å²) in [6.45, 7) is 2.38. The van der Waals surface area contributed by atoms with E-state index in [1.165, 1.54) is 13.0 Å². The third-order valence-electron chi connectivity index (χ3n) is 3.38. The molecule has 1 saturated carbocycles. The average Bonchev–Trinajstić information content (AvgIpc) is 2.03. The van der Waals surface area contributed by atoms with Crippen LogP contribution < -0.4 is 0 Å². The Morgan fingerprint density at radius 1 is 1.33 bits per heavy atom. The summed E-state index contributed by atoms with van der Waals surface area (Å²) >= 11 is 0. The number of hydrogen-bond donors (Lipinski definition) is 0. The van der Waals surface area contributed by atoms with E-state index < -0.39 is 0 Å². The van der Waals surface area contributed by atoms with E-state index in [0.717, 1.165) is 31.7 Å². The standard InChI is InChI=1S/C10H17NO/c1-11-5-4-8-2-3-10(12)6-9(8)7-11/h8-9H,2-7H2,1H3/t8?,9-/m0/s1. The van der Waals surface area contributed by atoms with E-state index in [1.807, 2.05) is 0 Å². The van der Waals surface area contributed by atoms with Crippen molar-refractivity contribution in [1.82, 2.24) is 4.90 Å². The highest BCUT2D eigenvalue weighted by atomic mass is 16.1. The number of hydrogen-bond acceptors (Lipinski definition) is 2. The Balaban J connectivity index is 1.99. The number of fused-ring (bicyclic) bond motifs is 1. The molecule has 0 bridgehead atoms. The first-order chi connectivity index (χ1) is 5.75. The van der Waals surface area contributed by atoms with Crippen LogP contribution in [0.15, 0.2) is 0 Å². The van der Waals surface area contributed by atoms with Crippen molar-refractivity contribution in [2.24, 2.45) is 11.8 Å². The fraction of sp³-hybridized carbons (Fsp3) is 0.900. The Bertz CT molecular complexity index is 190. The largest absolute Gasteiger partial charge is 0.306 e. The van der Waals surface area contributed by atoms with Crippen LogP contribution >= 0.6 is 0 Å². The minimum Gasteiger partial charge on any atom is -0.306 e. The molecule has 1 heterocycles. The third-order valence-corrected chi connectivity index (χ3v) is 3.38. The van der Waals surface area contributed by atoms with Gasteiger partial charge in [0.1, 0.15) is 5.78 Å². The first kappa shape index (κ1) is 8.24. The zero-order chi connectivity index (χ0) is 8.55. The van der Waals surface area contributed by atoms with Crippen molar-refractivity contribution < 1.29 is 4.79 Å². The van der Waals surface area contributed by atoms with Crippen LogP contribution in [0, 0.1) is 11.8 Å². The van der Waals surface area contributed by atoms with Gasteiger partial charge in [0.25, 0.3) is 0 Å². The molecule has 2 nitrogen and oxygen atoms in total. The van der Waals surface area contributed by atoms with Crippen LogP contribution in [-0.4, -0.2) is 30.8 Å². The molecule has 0 aromatic heterocycles. The van der Waals surface area contributed by atoms with Gasteiger partial charge in [-0.05, 0) is 38.3 Å². The Morgan fingerprint density at radius 2 is 2.17 bits per heavy atom. The molecule has 0 radical (unpaired) electrons. The van der Waals surface area contributed by atoms with E-state index in [-0.39, 0.29) is 0 Å². The highest BCUT2D eigenvalue weighted by molar-refractivity contribution is 5.79. The van der Waals surface area contributed by atoms with Crippen molar-refractivity contribution in [3.63, 3.8) is 0 Å². The lowest BCUT2D eigenvalue weighted by atomic mass is 9.75. The second-order valence-electron chi connectivity index (χ2n) is 4.35. The highest BCUT2D eigenvalue weighted by Gasteiger charge is 2.32. The van der Waals surface area contributed by atoms with Crippen molar-refractivity contribution in [3.05, 3.63) is 0 Å². The summed E-state index contributed by atoms with van der Waals surface area (Å²) in [6, 6.07) is 0. The van der Waals surface area contributed by atoms with Gasteiger partial charge in [-0.3, -0.25) is 4.79 Å². The smallest absolute Gasteiger partial charge is 0.133 e. The minimum atomic E-state index is 0.492. The van der Waals surface area contributed by atoms with Gasteiger partial charge in [0.2, 0.25) is 0 Å². The van der Waals surface area contributed by atoms with Crippen LogP contribution in [0.5, 0.6) is 0 Å². The Kier molecular flexibility index (Phi) is 2.18. The SMILES string of the molecule is CN1CCC2CCC(=O)C[C@H]2C1. The Morgan fingerprint density at radius 3 is 3.00 bits per heavy atom. The fourth-order valence-corrected chi connectivity index (χ4v) is 2.61. The highest BCUT2D eigenvalue weighted by Crippen LogP contribution is 2.33. The molecule has 2 heteroatoms. The lowest BCUT2D eigenvalue weighted by Crippen LogP contribution is -2.41. The van der Waals surface area contributed by atoms with Crippen LogP contribution in [-0.2, 0) is 4.79 Å². The van der Waals surface area contributed by atoms with E-state index in [4.69, 9.17) is 0 Å². The number of carbonyl (C=O) groups excluding carboxylic acids is 1. The summed E-state index contributed by atoms with van der Waals surface area (Å²) in [6.07, 6.45) is 4.19. The first-order valence-electron chi connectivity index (χ1n) is 4.96. The van der Waals surface area contributed by atoms with E-state index in [2.05, 4.69) is 11.9 Å². The predicted octanol–water partition coefficient (Wildman–Crippen LogP) is 1.31. The van der Waals surface area contributed by atoms with Gasteiger partial charge in [0.05, 0.1) is 0 Å². The van der Waals surface area contributed by atoms with E-state index in [9.17, 15) is 4.79 Å². The van der Waals surface area contributed by atoms with Crippen LogP contribution in [0.4, 0.5) is 0 Å². The fourth-order valence-electron chi connectivity index (χ4n) is 2.61. The van der Waals surface area contributed by atoms with Crippen molar-refractivity contribution >= 4 is 5.78 Å². The van der Waals surface area contributed by atoms with Gasteiger partial charge < -0.3 is 4.90 Å². The number of ketones is 1. The Hall–Kier alpha value is -0.370. The average molecular weight is 167 g/mol. The van der Waals surface area contributed by atoms with E-state index in [0.29, 0.717) is 11.7 Å². The van der Waals surface area contributed by atoms with Crippen LogP contribution in [0.1, 0.15) is 25.7 Å². The van der Waals surface area contributed by atoms with Crippen molar-refractivity contribution in [2.45, 2.75) is 25.7 Å². The molecule has 1 unspecified atom stereocenters. The van der Waals surface area contributed by atoms with E-state index >= 15 is 0 Å². The lowest BCUT2D eigenvalue weighted by molar-refractivity contribution is -0.123. The molecule has 2 aliphatic rings. The van der Waals surface area contributed by atoms with Crippen LogP contribution in [0.25, 0.3) is 0 Å². The molecule has 0 aromatic rings. The zero-order valence-corrected chi connectivity index (χ0v) is 7.75. The maximum absolute atomic E-state index is 11.2. The van der Waals surface area contributed by atoms with Gasteiger partial charge in [-0.1, -0.05) is 0 Å². The molecular formula is C10H17NO. The first-order valence-corrected chi connectivity index (χ1v) is 4.96. The van der Waals surface area contributed by atoms with Gasteiger partial charge in [-0.2, -0.15) is 0 Å². The van der Waals surface area contributed by atoms with E-state index in [1.54, 1.807) is 0 Å². The number of piperidine rings is 1. The third kappa shape index (κ3) is 1.53. The summed E-state index contributed by atoms with van der Waals surface area (Å²) in [5.41, 5.74) is 0. The second kappa shape index (κ2) is 3.17. The van der Waals surface area contributed by atoms with Gasteiger partial charge in [0, 0.05) is 19.4 Å². The monoisotopic (exact) mass is 167 g/mol. The lowest BCUT2D eigenvalue weighted by Gasteiger charge is -2.39. The summed E-state index contributed by atoms with van der Waals surface area (Å²) in [7, 11) is 2.16. The topological polar surface area (TPSA) is 20.3 Å². The molecule has 68 valence electrons. The summed E-state index contributed by atoms with van der Waals surface area (Å²) in [4.78, 5) is 13.6. The van der Waals surface area contributed by atoms with Gasteiger partial charge >= 0.3 is 0 Å². The molecule has 0 spiro atoms. The van der Waals surface area contributed by atoms with Crippen LogP contribution in [0.3, 0.4) is 0 Å². The molecule has 0 N–H and O–H groups in total. The summed E-state index contributed by atoms with van der Waals surface area (Å²) < 4.78 is 0. The molecule has 1 aliphatic carbocycles. The second-order valence-corrected chi connectivity index (χ2v) is 4.35. The summed E-state index contributed by atoms with van der Waals surface area (Å²) in [5, 5.41) is 0. The zero-order valence-electron chi connectivity index (χ0n) is 7.75. The van der Waals surface area contributed by atoms with Crippen molar-refractivity contribution in [3.8, 4) is 0 Å². The maximum atomic E-state index is 11.2. The van der Waals surface area contributed by atoms with Gasteiger partial charge in [-0.25, -0.2) is 0 Å². The molecule has 0 aromatic carbocycles. The molecule has 2 atom stereocenters. The van der Waals surface area contributed by atoms with Crippen molar-refractivity contribution in [1.29, 1.82) is 0 Å². The quantitative estimate of drug-likeness (QED) is 0.542. The normalized spacial score (nSPS) is 37.9. The number of Topliss-reactive ketones (excluding diaryl/α,β-unsaturated/α-hetero) is 1. The molecule has 1 aliphatic heterocycles. The molecule has 12 heavy (non-hydrogen) atoms. The number of carbonyl (C=O) groups is 1. The minimum absolute atomic E-state index is 0.492. The van der Waals surface area contributed by atoms with Crippen LogP contribution in [0.2, 0.25) is 0 Å². The number of rotatable bonds is 0. The number of likely N-dealkylation sites (tertiary alicyclic amines) is 1.